The van der Waals surface area contributed by atoms with E-state index in [2.05, 4.69) is 83.1 Å². The Labute approximate surface area is 110 Å². The van der Waals surface area contributed by atoms with Crippen LogP contribution in [0.2, 0.25) is 0 Å². The summed E-state index contributed by atoms with van der Waals surface area (Å²) >= 11 is 2.35. The summed E-state index contributed by atoms with van der Waals surface area (Å²) in [5.74, 6) is 0. The molecule has 2 rings (SSSR count). The molecule has 0 saturated carbocycles. The average molecular weight is 323 g/mol. The third kappa shape index (κ3) is 2.98. The first-order valence-corrected chi connectivity index (χ1v) is 6.34. The lowest BCUT2D eigenvalue weighted by atomic mass is 10.2. The van der Waals surface area contributed by atoms with Gasteiger partial charge in [-0.1, -0.05) is 30.3 Å². The van der Waals surface area contributed by atoms with Crippen LogP contribution in [0.1, 0.15) is 5.56 Å². The summed E-state index contributed by atoms with van der Waals surface area (Å²) in [5.41, 5.74) is 2.60. The van der Waals surface area contributed by atoms with Gasteiger partial charge in [0, 0.05) is 22.8 Å². The van der Waals surface area contributed by atoms with Crippen LogP contribution in [-0.2, 0) is 6.54 Å². The Morgan fingerprint density at radius 2 is 1.75 bits per heavy atom. The van der Waals surface area contributed by atoms with E-state index < -0.39 is 0 Å². The number of benzene rings is 2. The standard InChI is InChI=1S/C14H14IN/c1-16(14-8-3-2-4-9-14)11-12-6-5-7-13(15)10-12/h2-10H,11H2,1H3. The number of nitrogens with zero attached hydrogens (tertiary/aromatic N) is 1. The van der Waals surface area contributed by atoms with Gasteiger partial charge in [0.2, 0.25) is 0 Å². The lowest BCUT2D eigenvalue weighted by molar-refractivity contribution is 0.922. The van der Waals surface area contributed by atoms with Crippen molar-refractivity contribution >= 4 is 28.3 Å². The van der Waals surface area contributed by atoms with Gasteiger partial charge in [-0.25, -0.2) is 0 Å². The van der Waals surface area contributed by atoms with Gasteiger partial charge in [0.15, 0.2) is 0 Å². The van der Waals surface area contributed by atoms with Gasteiger partial charge in [-0.05, 0) is 52.4 Å². The predicted octanol–water partition coefficient (Wildman–Crippen LogP) is 3.93. The summed E-state index contributed by atoms with van der Waals surface area (Å²) in [5, 5.41) is 0. The normalized spacial score (nSPS) is 10.1. The Kier molecular flexibility index (Phi) is 3.83. The fraction of sp³-hybridized carbons (Fsp3) is 0.143. The number of rotatable bonds is 3. The molecule has 0 aliphatic rings. The van der Waals surface area contributed by atoms with Crippen LogP contribution >= 0.6 is 22.6 Å². The van der Waals surface area contributed by atoms with E-state index in [0.29, 0.717) is 0 Å². The molecular weight excluding hydrogens is 309 g/mol. The zero-order valence-corrected chi connectivity index (χ0v) is 11.4. The number of anilines is 1. The van der Waals surface area contributed by atoms with Crippen LogP contribution in [0.3, 0.4) is 0 Å². The van der Waals surface area contributed by atoms with Gasteiger partial charge >= 0.3 is 0 Å². The van der Waals surface area contributed by atoms with Gasteiger partial charge < -0.3 is 4.90 Å². The number of para-hydroxylation sites is 1. The van der Waals surface area contributed by atoms with Crippen LogP contribution in [-0.4, -0.2) is 7.05 Å². The lowest BCUT2D eigenvalue weighted by Crippen LogP contribution is -2.16. The van der Waals surface area contributed by atoms with Crippen molar-refractivity contribution in [3.63, 3.8) is 0 Å². The van der Waals surface area contributed by atoms with Crippen molar-refractivity contribution in [2.24, 2.45) is 0 Å². The summed E-state index contributed by atoms with van der Waals surface area (Å²) < 4.78 is 1.29. The smallest absolute Gasteiger partial charge is 0.0426 e. The van der Waals surface area contributed by atoms with Crippen molar-refractivity contribution in [2.45, 2.75) is 6.54 Å². The number of hydrogen-bond acceptors (Lipinski definition) is 1. The predicted molar refractivity (Wildman–Crippen MR) is 77.7 cm³/mol. The van der Waals surface area contributed by atoms with E-state index >= 15 is 0 Å². The second kappa shape index (κ2) is 5.34. The molecule has 82 valence electrons. The monoisotopic (exact) mass is 323 g/mol. The minimum Gasteiger partial charge on any atom is -0.370 e. The van der Waals surface area contributed by atoms with Gasteiger partial charge in [-0.3, -0.25) is 0 Å². The molecule has 0 bridgehead atoms. The molecule has 0 fully saturated rings. The first-order chi connectivity index (χ1) is 7.75. The maximum absolute atomic E-state index is 2.35. The maximum Gasteiger partial charge on any atom is 0.0426 e. The highest BCUT2D eigenvalue weighted by atomic mass is 127. The number of hydrogen-bond donors (Lipinski definition) is 0. The Hall–Kier alpha value is -1.03. The van der Waals surface area contributed by atoms with Gasteiger partial charge in [0.1, 0.15) is 0 Å². The third-order valence-corrected chi connectivity index (χ3v) is 3.18. The van der Waals surface area contributed by atoms with E-state index in [4.69, 9.17) is 0 Å². The van der Waals surface area contributed by atoms with E-state index in [0.717, 1.165) is 6.54 Å². The van der Waals surface area contributed by atoms with Crippen molar-refractivity contribution < 1.29 is 0 Å². The minimum absolute atomic E-state index is 0.945. The molecule has 0 aliphatic carbocycles. The SMILES string of the molecule is CN(Cc1cccc(I)c1)c1ccccc1. The van der Waals surface area contributed by atoms with Crippen molar-refractivity contribution in [1.29, 1.82) is 0 Å². The molecule has 0 atom stereocenters. The van der Waals surface area contributed by atoms with E-state index in [1.54, 1.807) is 0 Å². The topological polar surface area (TPSA) is 3.24 Å². The molecular formula is C14H14IN. The summed E-state index contributed by atoms with van der Waals surface area (Å²) in [6, 6.07) is 19.1. The molecule has 0 saturated heterocycles. The van der Waals surface area contributed by atoms with Crippen LogP contribution < -0.4 is 4.90 Å². The average Bonchev–Trinajstić information content (AvgIpc) is 2.30. The van der Waals surface area contributed by atoms with E-state index in [1.807, 2.05) is 6.07 Å². The van der Waals surface area contributed by atoms with E-state index in [1.165, 1.54) is 14.8 Å². The molecule has 2 aromatic carbocycles. The quantitative estimate of drug-likeness (QED) is 0.774. The Balaban J connectivity index is 2.11. The molecule has 0 N–H and O–H groups in total. The Bertz CT molecular complexity index is 453. The molecule has 2 aromatic rings. The van der Waals surface area contributed by atoms with Gasteiger partial charge in [0.25, 0.3) is 0 Å². The summed E-state index contributed by atoms with van der Waals surface area (Å²) in [6.07, 6.45) is 0. The van der Waals surface area contributed by atoms with Crippen LogP contribution in [0.15, 0.2) is 54.6 Å². The van der Waals surface area contributed by atoms with Crippen LogP contribution in [0, 0.1) is 3.57 Å². The first-order valence-electron chi connectivity index (χ1n) is 5.26. The second-order valence-electron chi connectivity index (χ2n) is 3.82. The van der Waals surface area contributed by atoms with E-state index in [9.17, 15) is 0 Å². The van der Waals surface area contributed by atoms with Gasteiger partial charge in [-0.2, -0.15) is 0 Å². The van der Waals surface area contributed by atoms with Crippen molar-refractivity contribution in [3.05, 3.63) is 63.7 Å². The molecule has 0 radical (unpaired) electrons. The summed E-state index contributed by atoms with van der Waals surface area (Å²) in [4.78, 5) is 2.26. The van der Waals surface area contributed by atoms with Crippen LogP contribution in [0.5, 0.6) is 0 Å². The van der Waals surface area contributed by atoms with Crippen molar-refractivity contribution in [3.8, 4) is 0 Å². The first kappa shape index (κ1) is 11.5. The summed E-state index contributed by atoms with van der Waals surface area (Å²) in [7, 11) is 2.12. The minimum atomic E-state index is 0.945. The molecule has 0 unspecified atom stereocenters. The molecule has 1 nitrogen and oxygen atoms in total. The van der Waals surface area contributed by atoms with Crippen LogP contribution in [0.25, 0.3) is 0 Å². The molecule has 0 amide bonds. The third-order valence-electron chi connectivity index (χ3n) is 2.51. The maximum atomic E-state index is 2.35. The lowest BCUT2D eigenvalue weighted by Gasteiger charge is -2.19. The molecule has 0 spiro atoms. The largest absolute Gasteiger partial charge is 0.370 e. The molecule has 16 heavy (non-hydrogen) atoms. The Morgan fingerprint density at radius 3 is 2.44 bits per heavy atom. The highest BCUT2D eigenvalue weighted by molar-refractivity contribution is 14.1. The van der Waals surface area contributed by atoms with Crippen molar-refractivity contribution in [2.75, 3.05) is 11.9 Å². The second-order valence-corrected chi connectivity index (χ2v) is 5.07. The fourth-order valence-corrected chi connectivity index (χ4v) is 2.29. The van der Waals surface area contributed by atoms with Gasteiger partial charge in [-0.15, -0.1) is 0 Å². The number of halogens is 1. The summed E-state index contributed by atoms with van der Waals surface area (Å²) in [6.45, 7) is 0.945. The highest BCUT2D eigenvalue weighted by Gasteiger charge is 2.01. The fourth-order valence-electron chi connectivity index (χ4n) is 1.68. The van der Waals surface area contributed by atoms with E-state index in [-0.39, 0.29) is 0 Å². The Morgan fingerprint density at radius 1 is 1.00 bits per heavy atom. The highest BCUT2D eigenvalue weighted by Crippen LogP contribution is 2.15. The molecule has 0 aromatic heterocycles. The van der Waals surface area contributed by atoms with Crippen molar-refractivity contribution in [1.82, 2.24) is 0 Å². The molecule has 0 heterocycles. The zero-order valence-electron chi connectivity index (χ0n) is 9.23. The molecule has 0 aliphatic heterocycles. The molecule has 2 heteroatoms. The van der Waals surface area contributed by atoms with Gasteiger partial charge in [0.05, 0.1) is 0 Å². The zero-order chi connectivity index (χ0) is 11.4. The van der Waals surface area contributed by atoms with Crippen LogP contribution in [0.4, 0.5) is 5.69 Å².